The number of amides is 1. The minimum atomic E-state index is 0.260. The molecule has 1 N–H and O–H groups in total. The number of carbonyl (C=O) groups is 1. The van der Waals surface area contributed by atoms with Crippen LogP contribution >= 0.6 is 0 Å². The van der Waals surface area contributed by atoms with Gasteiger partial charge in [-0.05, 0) is 37.3 Å². The first-order valence-corrected chi connectivity index (χ1v) is 8.93. The van der Waals surface area contributed by atoms with E-state index in [1.807, 2.05) is 12.1 Å². The fraction of sp³-hybridized carbons (Fsp3) is 0.632. The molecule has 2 aliphatic rings. The molecule has 3 rings (SSSR count). The molecule has 2 fully saturated rings. The van der Waals surface area contributed by atoms with Crippen molar-refractivity contribution in [2.24, 2.45) is 11.8 Å². The number of anilines is 1. The average molecular weight is 316 g/mol. The van der Waals surface area contributed by atoms with E-state index in [1.54, 1.807) is 7.11 Å². The van der Waals surface area contributed by atoms with Gasteiger partial charge in [-0.25, -0.2) is 0 Å². The van der Waals surface area contributed by atoms with Crippen LogP contribution in [0.4, 0.5) is 5.69 Å². The van der Waals surface area contributed by atoms with E-state index in [-0.39, 0.29) is 11.8 Å². The Morgan fingerprint density at radius 1 is 1.22 bits per heavy atom. The van der Waals surface area contributed by atoms with Gasteiger partial charge in [-0.1, -0.05) is 31.4 Å². The van der Waals surface area contributed by atoms with Crippen LogP contribution in [0.2, 0.25) is 0 Å². The Bertz CT molecular complexity index is 526. The molecule has 4 nitrogen and oxygen atoms in total. The number of nitrogens with one attached hydrogen (secondary N) is 1. The van der Waals surface area contributed by atoms with Crippen LogP contribution in [-0.4, -0.2) is 32.7 Å². The minimum Gasteiger partial charge on any atom is -0.495 e. The molecule has 1 aromatic carbocycles. The molecule has 4 heteroatoms. The Morgan fingerprint density at radius 2 is 2.00 bits per heavy atom. The predicted octanol–water partition coefficient (Wildman–Crippen LogP) is 3.22. The van der Waals surface area contributed by atoms with Crippen molar-refractivity contribution in [2.75, 3.05) is 31.6 Å². The number of hydrogen-bond donors (Lipinski definition) is 1. The molecule has 1 atom stereocenters. The van der Waals surface area contributed by atoms with Gasteiger partial charge in [-0.2, -0.15) is 0 Å². The minimum absolute atomic E-state index is 0.260. The fourth-order valence-corrected chi connectivity index (χ4v) is 3.86. The van der Waals surface area contributed by atoms with Crippen molar-refractivity contribution in [3.63, 3.8) is 0 Å². The molecular weight excluding hydrogens is 288 g/mol. The third-order valence-corrected chi connectivity index (χ3v) is 5.25. The molecule has 0 bridgehead atoms. The molecule has 0 spiro atoms. The van der Waals surface area contributed by atoms with Crippen LogP contribution in [0.15, 0.2) is 24.3 Å². The predicted molar refractivity (Wildman–Crippen MR) is 92.9 cm³/mol. The molecule has 1 saturated heterocycles. The number of carbonyl (C=O) groups excluding carboxylic acids is 1. The number of benzene rings is 1. The van der Waals surface area contributed by atoms with E-state index >= 15 is 0 Å². The number of para-hydroxylation sites is 2. The van der Waals surface area contributed by atoms with Crippen molar-refractivity contribution < 1.29 is 9.53 Å². The zero-order valence-electron chi connectivity index (χ0n) is 14.1. The van der Waals surface area contributed by atoms with Crippen molar-refractivity contribution in [1.82, 2.24) is 5.32 Å². The molecule has 1 saturated carbocycles. The summed E-state index contributed by atoms with van der Waals surface area (Å²) in [6, 6.07) is 8.17. The van der Waals surface area contributed by atoms with E-state index < -0.39 is 0 Å². The maximum atomic E-state index is 12.3. The Labute approximate surface area is 139 Å². The van der Waals surface area contributed by atoms with E-state index in [1.165, 1.54) is 19.3 Å². The second kappa shape index (κ2) is 7.71. The van der Waals surface area contributed by atoms with Crippen LogP contribution in [0.5, 0.6) is 5.75 Å². The molecule has 126 valence electrons. The van der Waals surface area contributed by atoms with Gasteiger partial charge in [0.05, 0.1) is 12.8 Å². The lowest BCUT2D eigenvalue weighted by Crippen LogP contribution is -2.36. The number of nitrogens with zero attached hydrogens (tertiary/aromatic N) is 1. The van der Waals surface area contributed by atoms with Gasteiger partial charge in [-0.15, -0.1) is 0 Å². The zero-order valence-corrected chi connectivity index (χ0v) is 14.1. The number of rotatable bonds is 5. The summed E-state index contributed by atoms with van der Waals surface area (Å²) in [4.78, 5) is 14.6. The first-order chi connectivity index (χ1) is 11.3. The summed E-state index contributed by atoms with van der Waals surface area (Å²) in [6.07, 6.45) is 6.99. The largest absolute Gasteiger partial charge is 0.495 e. The number of hydrogen-bond acceptors (Lipinski definition) is 3. The summed E-state index contributed by atoms with van der Waals surface area (Å²) in [6.45, 7) is 2.83. The van der Waals surface area contributed by atoms with Gasteiger partial charge in [0.25, 0.3) is 0 Å². The van der Waals surface area contributed by atoms with E-state index in [9.17, 15) is 4.79 Å². The van der Waals surface area contributed by atoms with Crippen molar-refractivity contribution >= 4 is 11.6 Å². The highest BCUT2D eigenvalue weighted by Crippen LogP contribution is 2.32. The van der Waals surface area contributed by atoms with Crippen LogP contribution < -0.4 is 15.0 Å². The van der Waals surface area contributed by atoms with Crippen LogP contribution in [-0.2, 0) is 4.79 Å². The first-order valence-electron chi connectivity index (χ1n) is 8.93. The number of ether oxygens (including phenoxy) is 1. The summed E-state index contributed by atoms with van der Waals surface area (Å²) in [5.41, 5.74) is 1.16. The van der Waals surface area contributed by atoms with E-state index in [2.05, 4.69) is 22.3 Å². The molecule has 1 aromatic rings. The molecule has 0 aromatic heterocycles. The van der Waals surface area contributed by atoms with Crippen LogP contribution in [0, 0.1) is 11.8 Å². The topological polar surface area (TPSA) is 41.6 Å². The molecule has 0 radical (unpaired) electrons. The van der Waals surface area contributed by atoms with Crippen molar-refractivity contribution in [1.29, 1.82) is 0 Å². The van der Waals surface area contributed by atoms with Crippen molar-refractivity contribution in [3.8, 4) is 5.75 Å². The van der Waals surface area contributed by atoms with Crippen LogP contribution in [0.3, 0.4) is 0 Å². The highest BCUT2D eigenvalue weighted by Gasteiger charge is 2.26. The normalized spacial score (nSPS) is 22.1. The first kappa shape index (κ1) is 16.2. The molecule has 23 heavy (non-hydrogen) atoms. The van der Waals surface area contributed by atoms with E-state index in [4.69, 9.17) is 4.74 Å². The maximum Gasteiger partial charge on any atom is 0.223 e. The summed E-state index contributed by atoms with van der Waals surface area (Å²) < 4.78 is 5.46. The number of methoxy groups -OCH3 is 1. The summed E-state index contributed by atoms with van der Waals surface area (Å²) in [7, 11) is 1.72. The second-order valence-electron chi connectivity index (χ2n) is 6.85. The lowest BCUT2D eigenvalue weighted by molar-refractivity contribution is -0.126. The van der Waals surface area contributed by atoms with Crippen LogP contribution in [0.1, 0.15) is 38.5 Å². The Balaban J connectivity index is 1.49. The third-order valence-electron chi connectivity index (χ3n) is 5.25. The molecule has 1 heterocycles. The monoisotopic (exact) mass is 316 g/mol. The highest BCUT2D eigenvalue weighted by atomic mass is 16.5. The van der Waals surface area contributed by atoms with Gasteiger partial charge in [-0.3, -0.25) is 4.79 Å². The van der Waals surface area contributed by atoms with Crippen molar-refractivity contribution in [3.05, 3.63) is 24.3 Å². The molecule has 1 aliphatic heterocycles. The summed E-state index contributed by atoms with van der Waals surface area (Å²) in [5.74, 6) is 2.00. The fourth-order valence-electron chi connectivity index (χ4n) is 3.86. The van der Waals surface area contributed by atoms with Gasteiger partial charge < -0.3 is 15.0 Å². The Morgan fingerprint density at radius 3 is 2.78 bits per heavy atom. The summed E-state index contributed by atoms with van der Waals surface area (Å²) in [5, 5.41) is 3.20. The maximum absolute atomic E-state index is 12.3. The van der Waals surface area contributed by atoms with E-state index in [0.29, 0.717) is 5.92 Å². The van der Waals surface area contributed by atoms with Gasteiger partial charge in [0.2, 0.25) is 5.91 Å². The molecule has 1 amide bonds. The quantitative estimate of drug-likeness (QED) is 0.907. The molecule has 1 aliphatic carbocycles. The zero-order chi connectivity index (χ0) is 16.1. The van der Waals surface area contributed by atoms with Gasteiger partial charge in [0.15, 0.2) is 0 Å². The highest BCUT2D eigenvalue weighted by molar-refractivity contribution is 5.78. The standard InChI is InChI=1S/C19H28N2O2/c1-23-18-10-6-5-9-17(18)21-12-11-15(14-21)13-20-19(22)16-7-3-2-4-8-16/h5-6,9-10,15-16H,2-4,7-8,11-14H2,1H3,(H,20,22)/t15-/m0/s1. The second-order valence-corrected chi connectivity index (χ2v) is 6.85. The lowest BCUT2D eigenvalue weighted by atomic mass is 9.88. The van der Waals surface area contributed by atoms with Crippen LogP contribution in [0.25, 0.3) is 0 Å². The van der Waals surface area contributed by atoms with Crippen molar-refractivity contribution in [2.45, 2.75) is 38.5 Å². The smallest absolute Gasteiger partial charge is 0.223 e. The van der Waals surface area contributed by atoms with Gasteiger partial charge in [0.1, 0.15) is 5.75 Å². The Hall–Kier alpha value is -1.71. The lowest BCUT2D eigenvalue weighted by Gasteiger charge is -2.23. The average Bonchev–Trinajstić information content (AvgIpc) is 3.09. The molecular formula is C19H28N2O2. The van der Waals surface area contributed by atoms with E-state index in [0.717, 1.165) is 50.3 Å². The van der Waals surface area contributed by atoms with Gasteiger partial charge >= 0.3 is 0 Å². The third kappa shape index (κ3) is 3.98. The Kier molecular flexibility index (Phi) is 5.42. The SMILES string of the molecule is COc1ccccc1N1CC[C@@H](CNC(=O)C2CCCCC2)C1. The summed E-state index contributed by atoms with van der Waals surface area (Å²) >= 11 is 0. The molecule has 0 unspecified atom stereocenters. The van der Waals surface area contributed by atoms with Gasteiger partial charge in [0, 0.05) is 25.6 Å².